The standard InChI is InChI=1S/C27H40O5/c1-15(11-18-14-26(3,31)24(30)32-18)20-7-8-21-19-6-5-16-12-17(28)13-23(29)27(16,4)22(19)9-10-25(20,21)2/h5-6,15,17-18,20-23,28-29,31H,7-14H2,1-4H3/t15-,17-,18?,20-,21+,22+,23+,25-,26?,27+/m1/s1. The minimum Gasteiger partial charge on any atom is -0.460 e. The monoisotopic (exact) mass is 444 g/mol. The molecule has 5 nitrogen and oxygen atoms in total. The number of carbonyl (C=O) groups is 1. The zero-order valence-electron chi connectivity index (χ0n) is 20.0. The van der Waals surface area contributed by atoms with Crippen molar-refractivity contribution in [1.82, 2.24) is 0 Å². The third kappa shape index (κ3) is 3.18. The molecule has 0 amide bonds. The van der Waals surface area contributed by atoms with Gasteiger partial charge < -0.3 is 20.1 Å². The van der Waals surface area contributed by atoms with Crippen molar-refractivity contribution in [2.75, 3.05) is 0 Å². The highest BCUT2D eigenvalue weighted by atomic mass is 16.6. The molecule has 5 aliphatic rings. The molecule has 0 aromatic carbocycles. The van der Waals surface area contributed by atoms with Crippen molar-refractivity contribution in [1.29, 1.82) is 0 Å². The molecule has 4 fully saturated rings. The number of esters is 1. The van der Waals surface area contributed by atoms with E-state index in [1.54, 1.807) is 6.92 Å². The van der Waals surface area contributed by atoms with Crippen LogP contribution >= 0.6 is 0 Å². The van der Waals surface area contributed by atoms with Crippen molar-refractivity contribution in [3.63, 3.8) is 0 Å². The molecular formula is C27H40O5. The average Bonchev–Trinajstić information content (AvgIpc) is 3.18. The van der Waals surface area contributed by atoms with Gasteiger partial charge in [-0.1, -0.05) is 44.1 Å². The van der Waals surface area contributed by atoms with Crippen molar-refractivity contribution in [2.45, 2.75) is 103 Å². The second kappa shape index (κ2) is 7.41. The minimum atomic E-state index is -1.34. The quantitative estimate of drug-likeness (QED) is 0.575. The highest BCUT2D eigenvalue weighted by Gasteiger charge is 2.59. The first-order chi connectivity index (χ1) is 15.0. The van der Waals surface area contributed by atoms with Crippen molar-refractivity contribution in [3.8, 4) is 0 Å². The van der Waals surface area contributed by atoms with Gasteiger partial charge in [0.1, 0.15) is 6.10 Å². The summed E-state index contributed by atoms with van der Waals surface area (Å²) < 4.78 is 5.50. The van der Waals surface area contributed by atoms with E-state index < -0.39 is 23.8 Å². The molecule has 2 unspecified atom stereocenters. The zero-order chi connectivity index (χ0) is 23.1. The van der Waals surface area contributed by atoms with Gasteiger partial charge in [-0.3, -0.25) is 0 Å². The Kier molecular flexibility index (Phi) is 5.24. The number of ether oxygens (including phenoxy) is 1. The third-order valence-corrected chi connectivity index (χ3v) is 10.4. The van der Waals surface area contributed by atoms with Crippen LogP contribution in [0.3, 0.4) is 0 Å². The Morgan fingerprint density at radius 1 is 1.12 bits per heavy atom. The highest BCUT2D eigenvalue weighted by molar-refractivity contribution is 5.80. The molecule has 1 saturated heterocycles. The molecule has 1 heterocycles. The lowest BCUT2D eigenvalue weighted by molar-refractivity contribution is -0.154. The number of rotatable bonds is 3. The van der Waals surface area contributed by atoms with E-state index >= 15 is 0 Å². The van der Waals surface area contributed by atoms with Crippen LogP contribution in [0.5, 0.6) is 0 Å². The Bertz CT molecular complexity index is 858. The molecule has 3 saturated carbocycles. The molecule has 3 N–H and O–H groups in total. The summed E-state index contributed by atoms with van der Waals surface area (Å²) in [5.41, 5.74) is 1.36. The van der Waals surface area contributed by atoms with E-state index in [4.69, 9.17) is 4.74 Å². The second-order valence-electron chi connectivity index (χ2n) is 12.3. The fraction of sp³-hybridized carbons (Fsp3) is 0.815. The maximum atomic E-state index is 11.9. The molecule has 4 aliphatic carbocycles. The molecule has 5 heteroatoms. The Labute approximate surface area is 191 Å². The number of fused-ring (bicyclic) bond motifs is 5. The highest BCUT2D eigenvalue weighted by Crippen LogP contribution is 2.66. The van der Waals surface area contributed by atoms with Gasteiger partial charge in [-0.05, 0) is 74.5 Å². The summed E-state index contributed by atoms with van der Waals surface area (Å²) in [7, 11) is 0. The van der Waals surface area contributed by atoms with Crippen LogP contribution < -0.4 is 0 Å². The van der Waals surface area contributed by atoms with Crippen molar-refractivity contribution >= 4 is 5.97 Å². The third-order valence-electron chi connectivity index (χ3n) is 10.4. The summed E-state index contributed by atoms with van der Waals surface area (Å²) in [6, 6.07) is 0. The lowest BCUT2D eigenvalue weighted by atomic mass is 9.49. The van der Waals surface area contributed by atoms with Gasteiger partial charge >= 0.3 is 5.97 Å². The van der Waals surface area contributed by atoms with Crippen molar-refractivity contribution in [3.05, 3.63) is 23.3 Å². The summed E-state index contributed by atoms with van der Waals surface area (Å²) in [6.07, 6.45) is 10.4. The maximum Gasteiger partial charge on any atom is 0.338 e. The van der Waals surface area contributed by atoms with Crippen LogP contribution in [0, 0.1) is 34.5 Å². The molecule has 10 atom stereocenters. The summed E-state index contributed by atoms with van der Waals surface area (Å²) in [4.78, 5) is 11.9. The predicted octanol–water partition coefficient (Wildman–Crippen LogP) is 3.91. The van der Waals surface area contributed by atoms with E-state index in [2.05, 4.69) is 32.9 Å². The molecule has 0 bridgehead atoms. The molecule has 0 spiro atoms. The minimum absolute atomic E-state index is 0.186. The number of aliphatic hydroxyl groups excluding tert-OH is 2. The van der Waals surface area contributed by atoms with Crippen LogP contribution in [-0.4, -0.2) is 45.2 Å². The lowest BCUT2D eigenvalue weighted by Crippen LogP contribution is -2.52. The van der Waals surface area contributed by atoms with E-state index in [-0.39, 0.29) is 16.9 Å². The molecule has 32 heavy (non-hydrogen) atoms. The Morgan fingerprint density at radius 3 is 2.56 bits per heavy atom. The van der Waals surface area contributed by atoms with E-state index in [0.29, 0.717) is 42.9 Å². The molecule has 1 aliphatic heterocycles. The number of hydrogen-bond donors (Lipinski definition) is 3. The first-order valence-corrected chi connectivity index (χ1v) is 12.7. The topological polar surface area (TPSA) is 87.0 Å². The fourth-order valence-electron chi connectivity index (χ4n) is 8.58. The van der Waals surface area contributed by atoms with Gasteiger partial charge in [0.05, 0.1) is 12.2 Å². The van der Waals surface area contributed by atoms with Crippen LogP contribution in [0.25, 0.3) is 0 Å². The Balaban J connectivity index is 1.36. The maximum absolute atomic E-state index is 11.9. The number of allylic oxidation sites excluding steroid dienone is 3. The van der Waals surface area contributed by atoms with E-state index in [9.17, 15) is 20.1 Å². The van der Waals surface area contributed by atoms with Crippen LogP contribution in [0.15, 0.2) is 23.3 Å². The summed E-state index contributed by atoms with van der Waals surface area (Å²) in [5.74, 6) is 1.40. The number of hydrogen-bond acceptors (Lipinski definition) is 5. The first-order valence-electron chi connectivity index (χ1n) is 12.7. The van der Waals surface area contributed by atoms with Crippen LogP contribution in [0.2, 0.25) is 0 Å². The normalized spacial score (nSPS) is 51.2. The zero-order valence-corrected chi connectivity index (χ0v) is 20.0. The number of cyclic esters (lactones) is 1. The molecule has 0 aromatic heterocycles. The predicted molar refractivity (Wildman–Crippen MR) is 121 cm³/mol. The van der Waals surface area contributed by atoms with Gasteiger partial charge in [-0.15, -0.1) is 0 Å². The lowest BCUT2D eigenvalue weighted by Gasteiger charge is -2.56. The summed E-state index contributed by atoms with van der Waals surface area (Å²) >= 11 is 0. The van der Waals surface area contributed by atoms with Gasteiger partial charge in [0.15, 0.2) is 5.60 Å². The summed E-state index contributed by atoms with van der Waals surface area (Å²) in [6.45, 7) is 8.55. The average molecular weight is 445 g/mol. The molecule has 178 valence electrons. The smallest absolute Gasteiger partial charge is 0.338 e. The Hall–Kier alpha value is -1.17. The first kappa shape index (κ1) is 22.6. The fourth-order valence-corrected chi connectivity index (χ4v) is 8.58. The van der Waals surface area contributed by atoms with Crippen LogP contribution in [0.1, 0.15) is 79.1 Å². The van der Waals surface area contributed by atoms with Gasteiger partial charge in [-0.25, -0.2) is 4.79 Å². The van der Waals surface area contributed by atoms with Gasteiger partial charge in [0.25, 0.3) is 0 Å². The summed E-state index contributed by atoms with van der Waals surface area (Å²) in [5, 5.41) is 31.5. The molecule has 0 radical (unpaired) electrons. The SMILES string of the molecule is C[C@H](CC1CC(C)(O)C(=O)O1)[C@H]1CC[C@H]2C3=CC=C4C[C@@H](O)C[C@H](O)[C@]4(C)[C@H]3CC[C@]12C. The largest absolute Gasteiger partial charge is 0.460 e. The van der Waals surface area contributed by atoms with Crippen molar-refractivity contribution in [2.24, 2.45) is 34.5 Å². The van der Waals surface area contributed by atoms with E-state index in [0.717, 1.165) is 19.3 Å². The molecule has 5 rings (SSSR count). The van der Waals surface area contributed by atoms with Gasteiger partial charge in [0, 0.05) is 18.3 Å². The van der Waals surface area contributed by atoms with Crippen LogP contribution in [-0.2, 0) is 9.53 Å². The number of aliphatic hydroxyl groups is 3. The number of carbonyl (C=O) groups excluding carboxylic acids is 1. The second-order valence-corrected chi connectivity index (χ2v) is 12.3. The van der Waals surface area contributed by atoms with Crippen LogP contribution in [0.4, 0.5) is 0 Å². The van der Waals surface area contributed by atoms with E-state index in [1.807, 2.05) is 0 Å². The van der Waals surface area contributed by atoms with Crippen molar-refractivity contribution < 1.29 is 24.9 Å². The molecular weight excluding hydrogens is 404 g/mol. The van der Waals surface area contributed by atoms with Gasteiger partial charge in [-0.2, -0.15) is 0 Å². The Morgan fingerprint density at radius 2 is 1.88 bits per heavy atom. The van der Waals surface area contributed by atoms with E-state index in [1.165, 1.54) is 24.0 Å². The van der Waals surface area contributed by atoms with Gasteiger partial charge in [0.2, 0.25) is 0 Å². The molecule has 0 aromatic rings.